The maximum Gasteiger partial charge on any atom is 0.159 e. The lowest BCUT2D eigenvalue weighted by Gasteiger charge is -2.05. The predicted molar refractivity (Wildman–Crippen MR) is 84.2 cm³/mol. The number of carbonyl (C=O) groups excluding carboxylic acids is 1. The van der Waals surface area contributed by atoms with Crippen LogP contribution in [0.25, 0.3) is 21.8 Å². The van der Waals surface area contributed by atoms with Gasteiger partial charge < -0.3 is 10.3 Å². The van der Waals surface area contributed by atoms with E-state index < -0.39 is 0 Å². The van der Waals surface area contributed by atoms with Crippen LogP contribution in [0.4, 0.5) is 5.69 Å². The molecule has 20 heavy (non-hydrogen) atoms. The minimum atomic E-state index is 0.0900. The van der Waals surface area contributed by atoms with Crippen molar-refractivity contribution in [3.05, 3.63) is 42.0 Å². The number of hydrogen-bond acceptors (Lipinski definition) is 2. The molecule has 0 aliphatic heterocycles. The smallest absolute Gasteiger partial charge is 0.159 e. The Kier molecular flexibility index (Phi) is 2.97. The fraction of sp³-hybridized carbons (Fsp3) is 0.235. The minimum Gasteiger partial charge on any atom is -0.399 e. The first kappa shape index (κ1) is 12.7. The molecule has 3 aromatic rings. The maximum atomic E-state index is 11.6. The predicted octanol–water partition coefficient (Wildman–Crippen LogP) is 3.99. The van der Waals surface area contributed by atoms with Crippen LogP contribution in [0.3, 0.4) is 0 Å². The quantitative estimate of drug-likeness (QED) is 0.575. The van der Waals surface area contributed by atoms with Crippen molar-refractivity contribution in [2.75, 3.05) is 5.73 Å². The lowest BCUT2D eigenvalue weighted by molar-refractivity contribution is 0.101. The van der Waals surface area contributed by atoms with E-state index in [1.54, 1.807) is 6.92 Å². The van der Waals surface area contributed by atoms with Crippen molar-refractivity contribution in [2.24, 2.45) is 0 Å². The van der Waals surface area contributed by atoms with E-state index in [4.69, 9.17) is 5.73 Å². The second-order valence-electron chi connectivity index (χ2n) is 5.22. The fourth-order valence-electron chi connectivity index (χ4n) is 2.81. The molecule has 3 rings (SSSR count). The van der Waals surface area contributed by atoms with Gasteiger partial charge in [-0.3, -0.25) is 4.79 Å². The Bertz CT molecular complexity index is 815. The van der Waals surface area contributed by atoms with E-state index in [9.17, 15) is 4.79 Å². The first-order valence-electron chi connectivity index (χ1n) is 6.94. The Labute approximate surface area is 118 Å². The van der Waals surface area contributed by atoms with Gasteiger partial charge in [0.25, 0.3) is 0 Å². The van der Waals surface area contributed by atoms with Crippen LogP contribution < -0.4 is 5.73 Å². The van der Waals surface area contributed by atoms with Gasteiger partial charge in [0, 0.05) is 39.6 Å². The van der Waals surface area contributed by atoms with Gasteiger partial charge in [-0.1, -0.05) is 6.92 Å². The lowest BCUT2D eigenvalue weighted by atomic mass is 10.1. The average Bonchev–Trinajstić information content (AvgIpc) is 2.73. The molecule has 0 amide bonds. The largest absolute Gasteiger partial charge is 0.399 e. The van der Waals surface area contributed by atoms with Gasteiger partial charge in [0.1, 0.15) is 0 Å². The number of carbonyl (C=O) groups is 1. The van der Waals surface area contributed by atoms with Gasteiger partial charge in [-0.25, -0.2) is 0 Å². The highest BCUT2D eigenvalue weighted by Crippen LogP contribution is 2.31. The van der Waals surface area contributed by atoms with E-state index in [1.807, 2.05) is 30.3 Å². The van der Waals surface area contributed by atoms with E-state index in [-0.39, 0.29) is 5.78 Å². The SMILES string of the molecule is CCCn1c2ccc(N)cc2c2cc(C(C)=O)ccc21. The van der Waals surface area contributed by atoms with Crippen molar-refractivity contribution < 1.29 is 4.79 Å². The molecular formula is C17H18N2O. The van der Waals surface area contributed by atoms with Crippen LogP contribution in [0.5, 0.6) is 0 Å². The number of Topliss-reactive ketones (excluding diaryl/α,β-unsaturated/α-hetero) is 1. The Hall–Kier alpha value is -2.29. The van der Waals surface area contributed by atoms with Gasteiger partial charge in [0.05, 0.1) is 0 Å². The van der Waals surface area contributed by atoms with E-state index in [0.29, 0.717) is 0 Å². The number of anilines is 1. The standard InChI is InChI=1S/C17H18N2O/c1-3-8-19-16-6-4-12(11(2)20)9-14(16)15-10-13(18)5-7-17(15)19/h4-7,9-10H,3,8,18H2,1-2H3. The molecule has 0 fully saturated rings. The van der Waals surface area contributed by atoms with Gasteiger partial charge >= 0.3 is 0 Å². The molecule has 0 atom stereocenters. The maximum absolute atomic E-state index is 11.6. The molecule has 0 saturated heterocycles. The van der Waals surface area contributed by atoms with E-state index in [1.165, 1.54) is 5.52 Å². The summed E-state index contributed by atoms with van der Waals surface area (Å²) in [5, 5.41) is 2.23. The molecule has 0 radical (unpaired) electrons. The molecule has 1 aromatic heterocycles. The molecule has 2 N–H and O–H groups in total. The van der Waals surface area contributed by atoms with E-state index >= 15 is 0 Å². The molecule has 0 spiro atoms. The van der Waals surface area contributed by atoms with Gasteiger partial charge in [-0.2, -0.15) is 0 Å². The van der Waals surface area contributed by atoms with Crippen LogP contribution in [0.2, 0.25) is 0 Å². The monoisotopic (exact) mass is 266 g/mol. The van der Waals surface area contributed by atoms with Crippen LogP contribution in [-0.2, 0) is 6.54 Å². The fourth-order valence-corrected chi connectivity index (χ4v) is 2.81. The van der Waals surface area contributed by atoms with Gasteiger partial charge in [-0.15, -0.1) is 0 Å². The highest BCUT2D eigenvalue weighted by atomic mass is 16.1. The number of fused-ring (bicyclic) bond motifs is 3. The molecule has 0 unspecified atom stereocenters. The van der Waals surface area contributed by atoms with Crippen LogP contribution in [0.15, 0.2) is 36.4 Å². The number of nitrogens with two attached hydrogens (primary N) is 1. The number of aryl methyl sites for hydroxylation is 1. The van der Waals surface area contributed by atoms with Gasteiger partial charge in [-0.05, 0) is 49.7 Å². The Morgan fingerprint density at radius 2 is 1.75 bits per heavy atom. The summed E-state index contributed by atoms with van der Waals surface area (Å²) < 4.78 is 2.30. The average molecular weight is 266 g/mol. The highest BCUT2D eigenvalue weighted by Gasteiger charge is 2.12. The molecular weight excluding hydrogens is 248 g/mol. The third kappa shape index (κ3) is 1.86. The van der Waals surface area contributed by atoms with Gasteiger partial charge in [0.15, 0.2) is 5.78 Å². The van der Waals surface area contributed by atoms with Gasteiger partial charge in [0.2, 0.25) is 0 Å². The third-order valence-corrected chi connectivity index (χ3v) is 3.74. The van der Waals surface area contributed by atoms with Crippen molar-refractivity contribution >= 4 is 33.3 Å². The van der Waals surface area contributed by atoms with Crippen molar-refractivity contribution in [3.63, 3.8) is 0 Å². The van der Waals surface area contributed by atoms with Crippen molar-refractivity contribution in [1.29, 1.82) is 0 Å². The molecule has 3 heteroatoms. The van der Waals surface area contributed by atoms with Crippen LogP contribution in [0.1, 0.15) is 30.6 Å². The van der Waals surface area contributed by atoms with Crippen LogP contribution in [0, 0.1) is 0 Å². The molecule has 1 heterocycles. The number of nitrogens with zero attached hydrogens (tertiary/aromatic N) is 1. The summed E-state index contributed by atoms with van der Waals surface area (Å²) in [6.45, 7) is 4.73. The van der Waals surface area contributed by atoms with Crippen molar-refractivity contribution in [2.45, 2.75) is 26.8 Å². The summed E-state index contributed by atoms with van der Waals surface area (Å²) in [5.41, 5.74) is 9.76. The summed E-state index contributed by atoms with van der Waals surface area (Å²) in [4.78, 5) is 11.6. The second kappa shape index (κ2) is 4.67. The number of aromatic nitrogens is 1. The molecule has 2 aromatic carbocycles. The molecule has 0 aliphatic rings. The van der Waals surface area contributed by atoms with Crippen molar-refractivity contribution in [1.82, 2.24) is 4.57 Å². The Morgan fingerprint density at radius 1 is 1.10 bits per heavy atom. The van der Waals surface area contributed by atoms with E-state index in [2.05, 4.69) is 17.6 Å². The summed E-state index contributed by atoms with van der Waals surface area (Å²) in [6.07, 6.45) is 1.07. The zero-order valence-electron chi connectivity index (χ0n) is 11.8. The van der Waals surface area contributed by atoms with Crippen LogP contribution >= 0.6 is 0 Å². The summed E-state index contributed by atoms with van der Waals surface area (Å²) in [7, 11) is 0. The number of benzene rings is 2. The zero-order valence-corrected chi connectivity index (χ0v) is 11.8. The first-order chi connectivity index (χ1) is 9.61. The molecule has 0 saturated carbocycles. The Morgan fingerprint density at radius 3 is 2.40 bits per heavy atom. The summed E-state index contributed by atoms with van der Waals surface area (Å²) in [5.74, 6) is 0.0900. The summed E-state index contributed by atoms with van der Waals surface area (Å²) >= 11 is 0. The van der Waals surface area contributed by atoms with Crippen LogP contribution in [-0.4, -0.2) is 10.4 Å². The van der Waals surface area contributed by atoms with Crippen molar-refractivity contribution in [3.8, 4) is 0 Å². The van der Waals surface area contributed by atoms with E-state index in [0.717, 1.165) is 40.5 Å². The molecule has 0 bridgehead atoms. The normalized spacial score (nSPS) is 11.3. The lowest BCUT2D eigenvalue weighted by Crippen LogP contribution is -1.96. The topological polar surface area (TPSA) is 48.0 Å². The zero-order chi connectivity index (χ0) is 14.3. The number of rotatable bonds is 3. The number of ketones is 1. The number of nitrogen functional groups attached to an aromatic ring is 1. The minimum absolute atomic E-state index is 0.0900. The molecule has 3 nitrogen and oxygen atoms in total. The second-order valence-corrected chi connectivity index (χ2v) is 5.22. The highest BCUT2D eigenvalue weighted by molar-refractivity contribution is 6.11. The molecule has 102 valence electrons. The third-order valence-electron chi connectivity index (χ3n) is 3.74. The number of hydrogen-bond donors (Lipinski definition) is 1. The first-order valence-corrected chi connectivity index (χ1v) is 6.94. The Balaban J connectivity index is 2.43. The molecule has 0 aliphatic carbocycles. The summed E-state index contributed by atoms with van der Waals surface area (Å²) in [6, 6.07) is 11.9.